The van der Waals surface area contributed by atoms with E-state index in [1.54, 1.807) is 4.90 Å². The Morgan fingerprint density at radius 2 is 2.06 bits per heavy atom. The minimum Gasteiger partial charge on any atom is -0.369 e. The lowest BCUT2D eigenvalue weighted by molar-refractivity contribution is -0.497. The molecule has 2 N–H and O–H groups in total. The Balaban J connectivity index is 2.00. The molecule has 2 aliphatic rings. The average Bonchev–Trinajstić information content (AvgIpc) is 3.08. The van der Waals surface area contributed by atoms with Crippen molar-refractivity contribution in [1.29, 1.82) is 0 Å². The van der Waals surface area contributed by atoms with Crippen LogP contribution in [0.3, 0.4) is 0 Å². The van der Waals surface area contributed by atoms with Gasteiger partial charge in [0.25, 0.3) is 0 Å². The number of hydrogen-bond donors (Lipinski definition) is 1. The molecule has 0 aromatic heterocycles. The first-order chi connectivity index (χ1) is 8.41. The van der Waals surface area contributed by atoms with E-state index in [1.165, 1.54) is 0 Å². The Morgan fingerprint density at radius 1 is 1.39 bits per heavy atom. The zero-order valence-corrected chi connectivity index (χ0v) is 10.2. The monoisotopic (exact) mass is 255 g/mol. The summed E-state index contributed by atoms with van der Waals surface area (Å²) in [5.74, 6) is -1.43. The summed E-state index contributed by atoms with van der Waals surface area (Å²) in [6.45, 7) is 2.20. The highest BCUT2D eigenvalue weighted by atomic mass is 16.6. The lowest BCUT2D eigenvalue weighted by Gasteiger charge is -2.36. The summed E-state index contributed by atoms with van der Waals surface area (Å²) in [7, 11) is 0. The Morgan fingerprint density at radius 3 is 2.56 bits per heavy atom. The second kappa shape index (κ2) is 4.55. The molecule has 0 bridgehead atoms. The van der Waals surface area contributed by atoms with Gasteiger partial charge >= 0.3 is 0 Å². The molecule has 1 heterocycles. The van der Waals surface area contributed by atoms with Gasteiger partial charge in [-0.2, -0.15) is 0 Å². The second-order valence-corrected chi connectivity index (χ2v) is 5.21. The molecule has 1 aliphatic heterocycles. The first kappa shape index (κ1) is 12.8. The van der Waals surface area contributed by atoms with Crippen molar-refractivity contribution < 1.29 is 14.5 Å². The molecule has 100 valence electrons. The van der Waals surface area contributed by atoms with Crippen LogP contribution in [0.4, 0.5) is 0 Å². The van der Waals surface area contributed by atoms with Crippen molar-refractivity contribution in [2.75, 3.05) is 6.54 Å². The van der Waals surface area contributed by atoms with Gasteiger partial charge in [0, 0.05) is 23.9 Å². The highest BCUT2D eigenvalue weighted by Gasteiger charge is 2.55. The Kier molecular flexibility index (Phi) is 3.23. The van der Waals surface area contributed by atoms with Gasteiger partial charge in [-0.15, -0.1) is 0 Å². The topological polar surface area (TPSA) is 107 Å². The third-order valence-electron chi connectivity index (χ3n) is 3.91. The first-order valence-corrected chi connectivity index (χ1v) is 6.15. The molecule has 1 aliphatic carbocycles. The summed E-state index contributed by atoms with van der Waals surface area (Å²) in [5.41, 5.74) is 5.26. The van der Waals surface area contributed by atoms with Crippen LogP contribution < -0.4 is 5.73 Å². The summed E-state index contributed by atoms with van der Waals surface area (Å²) in [5, 5.41) is 10.6. The van der Waals surface area contributed by atoms with E-state index >= 15 is 0 Å². The minimum absolute atomic E-state index is 0.0288. The molecule has 1 saturated heterocycles. The third-order valence-corrected chi connectivity index (χ3v) is 3.91. The highest BCUT2D eigenvalue weighted by molar-refractivity contribution is 5.84. The van der Waals surface area contributed by atoms with E-state index in [4.69, 9.17) is 5.73 Å². The molecule has 0 unspecified atom stereocenters. The van der Waals surface area contributed by atoms with Crippen molar-refractivity contribution in [2.45, 2.75) is 38.3 Å². The fourth-order valence-electron chi connectivity index (χ4n) is 2.54. The molecule has 2 rings (SSSR count). The summed E-state index contributed by atoms with van der Waals surface area (Å²) >= 11 is 0. The number of carbonyl (C=O) groups is 2. The van der Waals surface area contributed by atoms with E-state index in [1.807, 2.05) is 6.92 Å². The number of carbonyl (C=O) groups excluding carboxylic acids is 2. The van der Waals surface area contributed by atoms with Crippen LogP contribution in [0.15, 0.2) is 0 Å². The van der Waals surface area contributed by atoms with Gasteiger partial charge in [-0.05, 0) is 19.8 Å². The first-order valence-electron chi connectivity index (χ1n) is 6.15. The fourth-order valence-corrected chi connectivity index (χ4v) is 2.54. The molecule has 0 spiro atoms. The van der Waals surface area contributed by atoms with Gasteiger partial charge < -0.3 is 10.6 Å². The van der Waals surface area contributed by atoms with Crippen LogP contribution >= 0.6 is 0 Å². The van der Waals surface area contributed by atoms with Crippen LogP contribution in [0.1, 0.15) is 26.2 Å². The molecule has 7 heteroatoms. The van der Waals surface area contributed by atoms with E-state index in [-0.39, 0.29) is 17.9 Å². The summed E-state index contributed by atoms with van der Waals surface area (Å²) < 4.78 is 0. The molecular weight excluding hydrogens is 238 g/mol. The van der Waals surface area contributed by atoms with Crippen LogP contribution in [0.25, 0.3) is 0 Å². The Bertz CT molecular complexity index is 398. The van der Waals surface area contributed by atoms with Crippen molar-refractivity contribution in [2.24, 2.45) is 17.6 Å². The van der Waals surface area contributed by atoms with Crippen molar-refractivity contribution in [3.05, 3.63) is 10.1 Å². The van der Waals surface area contributed by atoms with Crippen LogP contribution in [-0.2, 0) is 9.59 Å². The third kappa shape index (κ3) is 2.30. The largest absolute Gasteiger partial charge is 0.369 e. The van der Waals surface area contributed by atoms with Crippen LogP contribution in [0.2, 0.25) is 0 Å². The number of nitrogens with zero attached hydrogens (tertiary/aromatic N) is 2. The highest BCUT2D eigenvalue weighted by Crippen LogP contribution is 2.36. The van der Waals surface area contributed by atoms with Crippen molar-refractivity contribution in [1.82, 2.24) is 4.90 Å². The zero-order chi connectivity index (χ0) is 13.4. The zero-order valence-electron chi connectivity index (χ0n) is 10.2. The Hall–Kier alpha value is -1.66. The standard InChI is InChI=1S/C11H17N3O4/c1-6-2-3-7(10(12)15)5-13(6)11(16)8-4-9(8)14(17)18/h6-9H,2-5H2,1H3,(H2,12,15)/t6-,7+,8+,9-/m1/s1. The maximum atomic E-state index is 12.1. The summed E-state index contributed by atoms with van der Waals surface area (Å²) in [6.07, 6.45) is 1.72. The average molecular weight is 255 g/mol. The van der Waals surface area contributed by atoms with Gasteiger partial charge in [0.05, 0.1) is 5.92 Å². The molecule has 2 amide bonds. The maximum absolute atomic E-state index is 12.1. The molecule has 1 saturated carbocycles. The van der Waals surface area contributed by atoms with Crippen LogP contribution in [-0.4, -0.2) is 40.3 Å². The van der Waals surface area contributed by atoms with Crippen LogP contribution in [0, 0.1) is 22.0 Å². The van der Waals surface area contributed by atoms with Crippen LogP contribution in [0.5, 0.6) is 0 Å². The molecule has 7 nitrogen and oxygen atoms in total. The SMILES string of the molecule is C[C@@H]1CC[C@H](C(N)=O)CN1C(=O)[C@H]1C[C@H]1[N+](=O)[O-]. The van der Waals surface area contributed by atoms with Gasteiger partial charge in [-0.3, -0.25) is 19.7 Å². The molecular formula is C11H17N3O4. The number of amides is 2. The van der Waals surface area contributed by atoms with E-state index < -0.39 is 22.8 Å². The lowest BCUT2D eigenvalue weighted by atomic mass is 9.92. The predicted octanol–water partition coefficient (Wildman–Crippen LogP) is -0.236. The molecule has 18 heavy (non-hydrogen) atoms. The predicted molar refractivity (Wildman–Crippen MR) is 62.0 cm³/mol. The van der Waals surface area contributed by atoms with E-state index in [9.17, 15) is 19.7 Å². The van der Waals surface area contributed by atoms with Crippen molar-refractivity contribution >= 4 is 11.8 Å². The molecule has 0 radical (unpaired) electrons. The fraction of sp³-hybridized carbons (Fsp3) is 0.818. The summed E-state index contributed by atoms with van der Waals surface area (Å²) in [4.78, 5) is 35.1. The minimum atomic E-state index is -0.737. The normalized spacial score (nSPS) is 35.1. The summed E-state index contributed by atoms with van der Waals surface area (Å²) in [6, 6.07) is -0.709. The molecule has 0 aromatic carbocycles. The molecule has 2 fully saturated rings. The maximum Gasteiger partial charge on any atom is 0.233 e. The quantitative estimate of drug-likeness (QED) is 0.555. The van der Waals surface area contributed by atoms with Crippen molar-refractivity contribution in [3.8, 4) is 0 Å². The van der Waals surface area contributed by atoms with Gasteiger partial charge in [-0.1, -0.05) is 0 Å². The van der Waals surface area contributed by atoms with E-state index in [0.29, 0.717) is 19.4 Å². The number of primary amides is 1. The number of hydrogen-bond acceptors (Lipinski definition) is 4. The van der Waals surface area contributed by atoms with E-state index in [0.717, 1.165) is 6.42 Å². The van der Waals surface area contributed by atoms with Gasteiger partial charge in [-0.25, -0.2) is 0 Å². The van der Waals surface area contributed by atoms with E-state index in [2.05, 4.69) is 0 Å². The number of nitrogens with two attached hydrogens (primary N) is 1. The number of rotatable bonds is 3. The van der Waals surface area contributed by atoms with Gasteiger partial charge in [0.2, 0.25) is 17.9 Å². The molecule has 4 atom stereocenters. The number of nitro groups is 1. The van der Waals surface area contributed by atoms with Gasteiger partial charge in [0.1, 0.15) is 5.92 Å². The Labute approximate surface area is 104 Å². The van der Waals surface area contributed by atoms with Crippen molar-refractivity contribution in [3.63, 3.8) is 0 Å². The second-order valence-electron chi connectivity index (χ2n) is 5.21. The number of piperidine rings is 1. The van der Waals surface area contributed by atoms with Gasteiger partial charge in [0.15, 0.2) is 0 Å². The number of likely N-dealkylation sites (tertiary alicyclic amines) is 1. The molecule has 0 aromatic rings. The smallest absolute Gasteiger partial charge is 0.233 e. The lowest BCUT2D eigenvalue weighted by Crippen LogP contribution is -2.49.